The van der Waals surface area contributed by atoms with Crippen LogP contribution in [0.4, 0.5) is 5.69 Å². The molecule has 1 aliphatic heterocycles. The summed E-state index contributed by atoms with van der Waals surface area (Å²) in [6.45, 7) is 1.77. The molecule has 0 atom stereocenters. The monoisotopic (exact) mass is 465 g/mol. The molecule has 3 heterocycles. The van der Waals surface area contributed by atoms with Gasteiger partial charge in [-0.2, -0.15) is 5.10 Å². The van der Waals surface area contributed by atoms with Gasteiger partial charge in [0.1, 0.15) is 28.9 Å². The van der Waals surface area contributed by atoms with Gasteiger partial charge >= 0.3 is 0 Å². The number of benzene rings is 1. The third-order valence-corrected chi connectivity index (χ3v) is 4.91. The van der Waals surface area contributed by atoms with Crippen molar-refractivity contribution in [1.29, 1.82) is 0 Å². The smallest absolute Gasteiger partial charge is 0.272 e. The van der Waals surface area contributed by atoms with Crippen LogP contribution in [0, 0.1) is 0 Å². The van der Waals surface area contributed by atoms with Crippen LogP contribution in [0.15, 0.2) is 24.4 Å². The molecule has 10 heteroatoms. The molecule has 28 heavy (non-hydrogen) atoms. The van der Waals surface area contributed by atoms with E-state index in [0.717, 1.165) is 12.2 Å². The number of hydrogen-bond donors (Lipinski definition) is 2. The van der Waals surface area contributed by atoms with Crippen molar-refractivity contribution in [3.63, 3.8) is 0 Å². The number of alkyl halides is 1. The first kappa shape index (κ1) is 18.8. The molecule has 3 aromatic rings. The first-order valence-corrected chi connectivity index (χ1v) is 10.1. The highest BCUT2D eigenvalue weighted by molar-refractivity contribution is 9.09. The minimum Gasteiger partial charge on any atom is -0.494 e. The second-order valence-electron chi connectivity index (χ2n) is 6.02. The molecule has 1 aliphatic rings. The number of aromatic nitrogens is 3. The molecular formula is C18H17BrClN5O3. The zero-order valence-electron chi connectivity index (χ0n) is 15.0. The van der Waals surface area contributed by atoms with Gasteiger partial charge in [0.2, 0.25) is 0 Å². The van der Waals surface area contributed by atoms with Crippen molar-refractivity contribution in [3.8, 4) is 17.2 Å². The van der Waals surface area contributed by atoms with E-state index in [9.17, 15) is 4.79 Å². The average molecular weight is 467 g/mol. The van der Waals surface area contributed by atoms with Crippen LogP contribution in [0.25, 0.3) is 16.6 Å². The number of hydrogen-bond acceptors (Lipinski definition) is 6. The maximum absolute atomic E-state index is 12.6. The molecule has 0 saturated heterocycles. The van der Waals surface area contributed by atoms with Crippen molar-refractivity contribution < 1.29 is 14.3 Å². The van der Waals surface area contributed by atoms with E-state index in [1.807, 2.05) is 12.1 Å². The van der Waals surface area contributed by atoms with Crippen molar-refractivity contribution in [1.82, 2.24) is 20.1 Å². The molecule has 0 bridgehead atoms. The number of carbonyl (C=O) groups excluding carboxylic acids is 1. The number of anilines is 1. The Morgan fingerprint density at radius 3 is 3.11 bits per heavy atom. The quantitative estimate of drug-likeness (QED) is 0.444. The lowest BCUT2D eigenvalue weighted by atomic mass is 10.2. The molecule has 4 rings (SSSR count). The predicted octanol–water partition coefficient (Wildman–Crippen LogP) is 3.01. The van der Waals surface area contributed by atoms with E-state index >= 15 is 0 Å². The SMILES string of the molecule is COc1cc2c(cc1-n1nc(C(=O)NCCBr)c3cnc(Cl)cc31)OCCN2. The average Bonchev–Trinajstić information content (AvgIpc) is 3.09. The molecule has 0 aliphatic carbocycles. The number of nitrogens with one attached hydrogen (secondary N) is 2. The Hall–Kier alpha value is -2.52. The Kier molecular flexibility index (Phi) is 5.27. The van der Waals surface area contributed by atoms with Crippen LogP contribution in [0.3, 0.4) is 0 Å². The van der Waals surface area contributed by atoms with Gasteiger partial charge in [0, 0.05) is 42.8 Å². The van der Waals surface area contributed by atoms with Crippen LogP contribution >= 0.6 is 27.5 Å². The van der Waals surface area contributed by atoms with Gasteiger partial charge in [-0.05, 0) is 0 Å². The first-order valence-electron chi connectivity index (χ1n) is 8.60. The lowest BCUT2D eigenvalue weighted by molar-refractivity contribution is 0.0952. The van der Waals surface area contributed by atoms with E-state index in [1.165, 1.54) is 0 Å². The Labute approximate surface area is 174 Å². The van der Waals surface area contributed by atoms with Crippen LogP contribution in [0.1, 0.15) is 10.5 Å². The summed E-state index contributed by atoms with van der Waals surface area (Å²) in [5.74, 6) is 0.986. The molecule has 2 N–H and O–H groups in total. The van der Waals surface area contributed by atoms with Crippen LogP contribution in [0.2, 0.25) is 5.15 Å². The van der Waals surface area contributed by atoms with Gasteiger partial charge in [0.15, 0.2) is 5.69 Å². The molecule has 1 aromatic carbocycles. The van der Waals surface area contributed by atoms with E-state index < -0.39 is 0 Å². The fourth-order valence-corrected chi connectivity index (χ4v) is 3.41. The van der Waals surface area contributed by atoms with Crippen molar-refractivity contribution in [2.45, 2.75) is 0 Å². The molecule has 0 saturated carbocycles. The van der Waals surface area contributed by atoms with E-state index in [0.29, 0.717) is 51.7 Å². The number of amides is 1. The lowest BCUT2D eigenvalue weighted by Gasteiger charge is -2.21. The van der Waals surface area contributed by atoms with Gasteiger partial charge < -0.3 is 20.1 Å². The van der Waals surface area contributed by atoms with Crippen LogP contribution in [-0.4, -0.2) is 52.8 Å². The van der Waals surface area contributed by atoms with Gasteiger partial charge in [-0.1, -0.05) is 27.5 Å². The standard InChI is InChI=1S/C18H17BrClN5O3/c1-27-15-6-11-14(28-5-4-21-11)7-13(15)25-12-8-16(20)23-9-10(12)17(24-25)18(26)22-3-2-19/h6-9,21H,2-5H2,1H3,(H,22,26). The molecule has 2 aromatic heterocycles. The summed E-state index contributed by atoms with van der Waals surface area (Å²) in [6.07, 6.45) is 1.55. The summed E-state index contributed by atoms with van der Waals surface area (Å²) in [4.78, 5) is 16.7. The summed E-state index contributed by atoms with van der Waals surface area (Å²) < 4.78 is 12.9. The summed E-state index contributed by atoms with van der Waals surface area (Å²) in [5.41, 5.74) is 2.39. The van der Waals surface area contributed by atoms with E-state index in [-0.39, 0.29) is 11.6 Å². The Balaban J connectivity index is 1.91. The Morgan fingerprint density at radius 2 is 2.32 bits per heavy atom. The minimum absolute atomic E-state index is 0.263. The lowest BCUT2D eigenvalue weighted by Crippen LogP contribution is -2.26. The summed E-state index contributed by atoms with van der Waals surface area (Å²) in [7, 11) is 1.58. The highest BCUT2D eigenvalue weighted by Crippen LogP contribution is 2.38. The summed E-state index contributed by atoms with van der Waals surface area (Å²) in [6, 6.07) is 5.36. The molecule has 8 nitrogen and oxygen atoms in total. The van der Waals surface area contributed by atoms with Gasteiger partial charge in [0.05, 0.1) is 23.7 Å². The van der Waals surface area contributed by atoms with Crippen molar-refractivity contribution in [2.75, 3.05) is 37.5 Å². The number of halogens is 2. The second-order valence-corrected chi connectivity index (χ2v) is 7.21. The van der Waals surface area contributed by atoms with Gasteiger partial charge in [0.25, 0.3) is 5.91 Å². The normalized spacial score (nSPS) is 12.8. The van der Waals surface area contributed by atoms with Crippen LogP contribution in [-0.2, 0) is 0 Å². The van der Waals surface area contributed by atoms with E-state index in [4.69, 9.17) is 21.1 Å². The number of methoxy groups -OCH3 is 1. The molecular weight excluding hydrogens is 450 g/mol. The predicted molar refractivity (Wildman–Crippen MR) is 111 cm³/mol. The van der Waals surface area contributed by atoms with Crippen molar-refractivity contribution in [3.05, 3.63) is 35.2 Å². The number of carbonyl (C=O) groups is 1. The third kappa shape index (κ3) is 3.35. The molecule has 146 valence electrons. The van der Waals surface area contributed by atoms with Crippen LogP contribution in [0.5, 0.6) is 11.5 Å². The molecule has 0 unspecified atom stereocenters. The number of nitrogens with zero attached hydrogens (tertiary/aromatic N) is 3. The third-order valence-electron chi connectivity index (χ3n) is 4.31. The van der Waals surface area contributed by atoms with Gasteiger partial charge in [-0.15, -0.1) is 0 Å². The minimum atomic E-state index is -0.290. The van der Waals surface area contributed by atoms with Gasteiger partial charge in [-0.3, -0.25) is 4.79 Å². The van der Waals surface area contributed by atoms with Crippen molar-refractivity contribution in [2.24, 2.45) is 0 Å². The fourth-order valence-electron chi connectivity index (χ4n) is 3.06. The largest absolute Gasteiger partial charge is 0.494 e. The summed E-state index contributed by atoms with van der Waals surface area (Å²) in [5, 5.41) is 12.2. The molecule has 1 amide bonds. The summed E-state index contributed by atoms with van der Waals surface area (Å²) >= 11 is 9.41. The van der Waals surface area contributed by atoms with E-state index in [2.05, 4.69) is 36.6 Å². The first-order chi connectivity index (χ1) is 13.6. The fraction of sp³-hybridized carbons (Fsp3) is 0.278. The van der Waals surface area contributed by atoms with Crippen LogP contribution < -0.4 is 20.1 Å². The number of ether oxygens (including phenoxy) is 2. The maximum Gasteiger partial charge on any atom is 0.272 e. The number of rotatable bonds is 5. The highest BCUT2D eigenvalue weighted by atomic mass is 79.9. The van der Waals surface area contributed by atoms with Gasteiger partial charge in [-0.25, -0.2) is 9.67 Å². The molecule has 0 fully saturated rings. The molecule has 0 radical (unpaired) electrons. The number of pyridine rings is 1. The second kappa shape index (κ2) is 7.84. The van der Waals surface area contributed by atoms with E-state index in [1.54, 1.807) is 24.1 Å². The maximum atomic E-state index is 12.6. The zero-order chi connectivity index (χ0) is 19.7. The number of fused-ring (bicyclic) bond motifs is 2. The molecule has 0 spiro atoms. The topological polar surface area (TPSA) is 90.3 Å². The Morgan fingerprint density at radius 1 is 1.46 bits per heavy atom. The highest BCUT2D eigenvalue weighted by Gasteiger charge is 2.22. The Bertz CT molecular complexity index is 1060. The van der Waals surface area contributed by atoms with Crippen molar-refractivity contribution >= 4 is 50.0 Å². The zero-order valence-corrected chi connectivity index (χ0v) is 17.3.